The Morgan fingerprint density at radius 1 is 1.18 bits per heavy atom. The summed E-state index contributed by atoms with van der Waals surface area (Å²) in [6, 6.07) is 12.6. The largest absolute Gasteiger partial charge is 0.342 e. The molecule has 3 aliphatic rings. The molecule has 0 bridgehead atoms. The van der Waals surface area contributed by atoms with Crippen molar-refractivity contribution in [2.24, 2.45) is 21.7 Å². The summed E-state index contributed by atoms with van der Waals surface area (Å²) >= 11 is 0. The Morgan fingerprint density at radius 3 is 2.74 bits per heavy atom. The molecule has 0 radical (unpaired) electrons. The molecule has 0 aliphatic carbocycles. The zero-order valence-corrected chi connectivity index (χ0v) is 21.7. The zero-order chi connectivity index (χ0) is 26.7. The molecule has 2 aromatic rings. The van der Waals surface area contributed by atoms with E-state index in [0.717, 1.165) is 36.3 Å². The van der Waals surface area contributed by atoms with Crippen LogP contribution in [0.4, 0.5) is 5.82 Å². The smallest absolute Gasteiger partial charge is 0.264 e. The van der Waals surface area contributed by atoms with Gasteiger partial charge in [-0.25, -0.2) is 4.98 Å². The minimum absolute atomic E-state index is 0.0859. The van der Waals surface area contributed by atoms with E-state index in [1.807, 2.05) is 43.4 Å². The van der Waals surface area contributed by atoms with Crippen molar-refractivity contribution in [3.8, 4) is 0 Å². The van der Waals surface area contributed by atoms with Crippen LogP contribution in [-0.2, 0) is 4.79 Å². The van der Waals surface area contributed by atoms with Crippen LogP contribution in [0.3, 0.4) is 0 Å². The van der Waals surface area contributed by atoms with Gasteiger partial charge in [-0.15, -0.1) is 4.59 Å². The van der Waals surface area contributed by atoms with Gasteiger partial charge in [-0.2, -0.15) is 10.8 Å². The number of quaternary nitrogens is 1. The van der Waals surface area contributed by atoms with E-state index in [4.69, 9.17) is 10.8 Å². The molecular formula is C28H33N8O2+. The van der Waals surface area contributed by atoms with Crippen LogP contribution in [-0.4, -0.2) is 77.0 Å². The molecule has 0 saturated carbocycles. The van der Waals surface area contributed by atoms with Crippen LogP contribution in [0, 0.1) is 5.92 Å². The normalized spacial score (nSPS) is 22.2. The zero-order valence-electron chi connectivity index (χ0n) is 21.7. The first-order chi connectivity index (χ1) is 18.3. The fourth-order valence-corrected chi connectivity index (χ4v) is 5.02. The standard InChI is InChI=1S/C28H32N8O2/c1-34(2)15-5-7-25(37)35-16-12-22(19-35)26-23-18-30-14-17-36(23,29)27(33-26)20-8-10-21(11-9-20)28(38)32-24-6-3-4-13-31-24/h3-4,6,8-11,13-14,17-18,22H,5,7,12,15-16,19,29H2,1-2H3/p+1. The summed E-state index contributed by atoms with van der Waals surface area (Å²) in [4.78, 5) is 43.0. The van der Waals surface area contributed by atoms with Gasteiger partial charge >= 0.3 is 0 Å². The lowest BCUT2D eigenvalue weighted by atomic mass is 10.0. The number of nitrogens with one attached hydrogen (secondary N) is 1. The number of rotatable bonds is 8. The van der Waals surface area contributed by atoms with Gasteiger partial charge in [0.1, 0.15) is 17.7 Å². The Morgan fingerprint density at radius 2 is 2.00 bits per heavy atom. The van der Waals surface area contributed by atoms with E-state index < -0.39 is 0 Å². The van der Waals surface area contributed by atoms with E-state index >= 15 is 0 Å². The molecule has 3 aliphatic heterocycles. The summed E-state index contributed by atoms with van der Waals surface area (Å²) in [5, 5.41) is 2.80. The second-order valence-electron chi connectivity index (χ2n) is 10.0. The number of amides is 2. The molecule has 1 aromatic carbocycles. The minimum atomic E-state index is -0.244. The van der Waals surface area contributed by atoms with Crippen molar-refractivity contribution in [2.75, 3.05) is 39.0 Å². The van der Waals surface area contributed by atoms with Gasteiger partial charge in [-0.1, -0.05) is 6.07 Å². The molecule has 4 heterocycles. The second-order valence-corrected chi connectivity index (χ2v) is 10.0. The van der Waals surface area contributed by atoms with Crippen LogP contribution in [0.15, 0.2) is 82.4 Å². The summed E-state index contributed by atoms with van der Waals surface area (Å²) < 4.78 is -0.0917. The van der Waals surface area contributed by atoms with Gasteiger partial charge in [0.15, 0.2) is 0 Å². The number of hydrogen-bond donors (Lipinski definition) is 2. The van der Waals surface area contributed by atoms with E-state index in [9.17, 15) is 9.59 Å². The fourth-order valence-electron chi connectivity index (χ4n) is 5.02. The van der Waals surface area contributed by atoms with E-state index in [-0.39, 0.29) is 22.3 Å². The molecule has 196 valence electrons. The predicted molar refractivity (Wildman–Crippen MR) is 147 cm³/mol. The van der Waals surface area contributed by atoms with Crippen LogP contribution < -0.4 is 11.2 Å². The lowest BCUT2D eigenvalue weighted by molar-refractivity contribution is -0.750. The average Bonchev–Trinajstić information content (AvgIpc) is 3.52. The number of hydrogen-bond acceptors (Lipinski definition) is 7. The number of allylic oxidation sites excluding steroid dienone is 1. The Kier molecular flexibility index (Phi) is 7.28. The number of nitrogens with two attached hydrogens (primary N) is 1. The fraction of sp³-hybridized carbons (Fsp3) is 0.321. The third kappa shape index (κ3) is 5.19. The number of anilines is 1. The molecule has 38 heavy (non-hydrogen) atoms. The topological polar surface area (TPSA) is 116 Å². The molecule has 3 N–H and O–H groups in total. The number of fused-ring (bicyclic) bond motifs is 1. The van der Waals surface area contributed by atoms with Gasteiger partial charge in [0, 0.05) is 37.2 Å². The first kappa shape index (κ1) is 25.7. The lowest BCUT2D eigenvalue weighted by Gasteiger charge is -2.26. The monoisotopic (exact) mass is 513 g/mol. The second kappa shape index (κ2) is 10.8. The Labute approximate surface area is 222 Å². The van der Waals surface area contributed by atoms with Crippen molar-refractivity contribution in [1.29, 1.82) is 0 Å². The molecule has 2 amide bonds. The summed E-state index contributed by atoms with van der Waals surface area (Å²) in [5.41, 5.74) is 3.00. The molecule has 1 saturated heterocycles. The molecule has 1 aromatic heterocycles. The number of pyridine rings is 1. The molecular weight excluding hydrogens is 480 g/mol. The number of benzene rings is 1. The minimum Gasteiger partial charge on any atom is -0.342 e. The van der Waals surface area contributed by atoms with Crippen LogP contribution in [0.1, 0.15) is 35.2 Å². The van der Waals surface area contributed by atoms with E-state index in [0.29, 0.717) is 36.7 Å². The number of amidine groups is 1. The predicted octanol–water partition coefficient (Wildman–Crippen LogP) is 2.74. The maximum Gasteiger partial charge on any atom is 0.264 e. The molecule has 2 atom stereocenters. The molecule has 1 fully saturated rings. The van der Waals surface area contributed by atoms with Crippen molar-refractivity contribution in [3.05, 3.63) is 83.6 Å². The van der Waals surface area contributed by atoms with E-state index in [2.05, 4.69) is 20.2 Å². The number of carbonyl (C=O) groups excluding carboxylic acids is 2. The summed E-state index contributed by atoms with van der Waals surface area (Å²) in [6.45, 7) is 2.23. The SMILES string of the molecule is CN(C)CCCC(=O)N1CCC(C2=C3C=NC=C[N+]3(N)C(c3ccc(C(=O)Nc4ccccn4)cc3)=N2)C1. The average molecular weight is 514 g/mol. The Hall–Kier alpha value is -3.99. The van der Waals surface area contributed by atoms with Crippen LogP contribution in [0.5, 0.6) is 0 Å². The van der Waals surface area contributed by atoms with Gasteiger partial charge in [-0.3, -0.25) is 14.6 Å². The molecule has 0 spiro atoms. The number of likely N-dealkylation sites (tertiary alicyclic amines) is 1. The van der Waals surface area contributed by atoms with E-state index in [1.165, 1.54) is 0 Å². The van der Waals surface area contributed by atoms with Crippen LogP contribution >= 0.6 is 0 Å². The van der Waals surface area contributed by atoms with E-state index in [1.54, 1.807) is 42.9 Å². The third-order valence-electron chi connectivity index (χ3n) is 7.06. The highest BCUT2D eigenvalue weighted by atomic mass is 16.2. The van der Waals surface area contributed by atoms with Gasteiger partial charge in [-0.05, 0) is 69.9 Å². The molecule has 10 heteroatoms. The maximum absolute atomic E-state index is 12.8. The number of carbonyl (C=O) groups is 2. The highest BCUT2D eigenvalue weighted by Gasteiger charge is 2.47. The molecule has 10 nitrogen and oxygen atoms in total. The van der Waals surface area contributed by atoms with Crippen molar-refractivity contribution < 1.29 is 14.2 Å². The highest BCUT2D eigenvalue weighted by molar-refractivity contribution is 6.05. The van der Waals surface area contributed by atoms with Gasteiger partial charge in [0.05, 0.1) is 18.0 Å². The van der Waals surface area contributed by atoms with Gasteiger partial charge in [0.25, 0.3) is 11.7 Å². The summed E-state index contributed by atoms with van der Waals surface area (Å²) in [5.74, 6) is 8.06. The van der Waals surface area contributed by atoms with Crippen LogP contribution in [0.2, 0.25) is 0 Å². The summed E-state index contributed by atoms with van der Waals surface area (Å²) in [6.07, 6.45) is 9.10. The Balaban J connectivity index is 1.33. The molecule has 2 unspecified atom stereocenters. The lowest BCUT2D eigenvalue weighted by Crippen LogP contribution is -2.53. The van der Waals surface area contributed by atoms with Crippen LogP contribution in [0.25, 0.3) is 0 Å². The van der Waals surface area contributed by atoms with Crippen molar-refractivity contribution >= 4 is 29.7 Å². The van der Waals surface area contributed by atoms with Crippen molar-refractivity contribution in [2.45, 2.75) is 19.3 Å². The first-order valence-electron chi connectivity index (χ1n) is 12.8. The first-order valence-corrected chi connectivity index (χ1v) is 12.8. The van der Waals surface area contributed by atoms with Crippen molar-refractivity contribution in [1.82, 2.24) is 14.8 Å². The van der Waals surface area contributed by atoms with Crippen molar-refractivity contribution in [3.63, 3.8) is 0 Å². The Bertz CT molecular complexity index is 1330. The third-order valence-corrected chi connectivity index (χ3v) is 7.06. The highest BCUT2D eigenvalue weighted by Crippen LogP contribution is 2.37. The summed E-state index contributed by atoms with van der Waals surface area (Å²) in [7, 11) is 4.03. The molecule has 5 rings (SSSR count). The quantitative estimate of drug-likeness (QED) is 0.416. The number of aliphatic imine (C=N–C) groups is 2. The number of nitrogens with zero attached hydrogens (tertiary/aromatic N) is 6. The van der Waals surface area contributed by atoms with Gasteiger partial charge in [0.2, 0.25) is 11.6 Å². The number of aromatic nitrogens is 1. The maximum atomic E-state index is 12.8. The van der Waals surface area contributed by atoms with Gasteiger partial charge < -0.3 is 15.1 Å².